The fourth-order valence-electron chi connectivity index (χ4n) is 2.32. The van der Waals surface area contributed by atoms with Gasteiger partial charge < -0.3 is 22.0 Å². The Hall–Kier alpha value is 0.500. The van der Waals surface area contributed by atoms with Crippen LogP contribution >= 0.6 is 11.6 Å². The van der Waals surface area contributed by atoms with Crippen LogP contribution in [0, 0.1) is 0 Å². The molecule has 0 aromatic rings. The first-order valence-corrected chi connectivity index (χ1v) is 7.10. The number of quaternary nitrogens is 1. The summed E-state index contributed by atoms with van der Waals surface area (Å²) in [6.07, 6.45) is 3.09. The molecule has 0 spiro atoms. The SMILES string of the molecule is CCCC(Cl)CC[N+](CC)(CC)CC(C)O.[Cl-]. The van der Waals surface area contributed by atoms with Crippen LogP contribution in [0.5, 0.6) is 0 Å². The van der Waals surface area contributed by atoms with Gasteiger partial charge in [0.15, 0.2) is 0 Å². The van der Waals surface area contributed by atoms with Crippen molar-refractivity contribution in [1.29, 1.82) is 0 Å². The molecular weight excluding hydrogens is 257 g/mol. The quantitative estimate of drug-likeness (QED) is 0.468. The van der Waals surface area contributed by atoms with Gasteiger partial charge in [0.1, 0.15) is 12.6 Å². The molecule has 0 rings (SSSR count). The zero-order chi connectivity index (χ0) is 12.6. The molecule has 4 heteroatoms. The number of aliphatic hydroxyl groups is 1. The van der Waals surface area contributed by atoms with Crippen molar-refractivity contribution in [3.8, 4) is 0 Å². The number of hydrogen-bond acceptors (Lipinski definition) is 1. The zero-order valence-corrected chi connectivity index (χ0v) is 13.3. The van der Waals surface area contributed by atoms with Crippen LogP contribution in [0.15, 0.2) is 0 Å². The third-order valence-electron chi connectivity index (χ3n) is 3.51. The minimum atomic E-state index is -0.222. The summed E-state index contributed by atoms with van der Waals surface area (Å²) in [5.74, 6) is 0. The molecule has 0 aromatic carbocycles. The number of rotatable bonds is 9. The number of alkyl halides is 1. The van der Waals surface area contributed by atoms with Crippen LogP contribution in [0.25, 0.3) is 0 Å². The number of hydrogen-bond donors (Lipinski definition) is 1. The highest BCUT2D eigenvalue weighted by molar-refractivity contribution is 6.20. The molecule has 0 aliphatic heterocycles. The minimum Gasteiger partial charge on any atom is -1.00 e. The van der Waals surface area contributed by atoms with Crippen LogP contribution in [0.3, 0.4) is 0 Å². The molecule has 0 fully saturated rings. The summed E-state index contributed by atoms with van der Waals surface area (Å²) in [6.45, 7) is 12.6. The summed E-state index contributed by atoms with van der Waals surface area (Å²) in [6, 6.07) is 0. The van der Waals surface area contributed by atoms with Gasteiger partial charge in [-0.3, -0.25) is 0 Å². The predicted octanol–water partition coefficient (Wildman–Crippen LogP) is 0.0254. The van der Waals surface area contributed by atoms with Crippen molar-refractivity contribution < 1.29 is 22.0 Å². The lowest BCUT2D eigenvalue weighted by Crippen LogP contribution is -3.00. The molecule has 0 saturated heterocycles. The van der Waals surface area contributed by atoms with E-state index in [2.05, 4.69) is 20.8 Å². The number of nitrogens with zero attached hydrogens (tertiary/aromatic N) is 1. The standard InChI is InChI=1S/C13H29ClNO.ClH/c1-5-8-13(14)9-10-15(6-2,7-3)11-12(4)16;/h12-13,16H,5-11H2,1-4H3;1H/q+1;/p-1. The molecule has 0 radical (unpaired) electrons. The van der Waals surface area contributed by atoms with Gasteiger partial charge in [0.2, 0.25) is 0 Å². The zero-order valence-electron chi connectivity index (χ0n) is 11.8. The summed E-state index contributed by atoms with van der Waals surface area (Å²) in [4.78, 5) is 0. The second kappa shape index (κ2) is 10.4. The monoisotopic (exact) mass is 285 g/mol. The van der Waals surface area contributed by atoms with E-state index in [4.69, 9.17) is 11.6 Å². The van der Waals surface area contributed by atoms with Crippen LogP contribution in [-0.2, 0) is 0 Å². The molecule has 2 unspecified atom stereocenters. The van der Waals surface area contributed by atoms with Crippen molar-refractivity contribution in [1.82, 2.24) is 0 Å². The fraction of sp³-hybridized carbons (Fsp3) is 1.00. The van der Waals surface area contributed by atoms with E-state index in [9.17, 15) is 5.11 Å². The average molecular weight is 286 g/mol. The highest BCUT2D eigenvalue weighted by Crippen LogP contribution is 2.16. The van der Waals surface area contributed by atoms with E-state index in [-0.39, 0.29) is 18.5 Å². The van der Waals surface area contributed by atoms with Crippen LogP contribution in [0.2, 0.25) is 0 Å². The molecule has 0 heterocycles. The lowest BCUT2D eigenvalue weighted by atomic mass is 10.1. The van der Waals surface area contributed by atoms with E-state index < -0.39 is 0 Å². The molecule has 0 saturated carbocycles. The van der Waals surface area contributed by atoms with E-state index in [1.807, 2.05) is 6.92 Å². The van der Waals surface area contributed by atoms with Gasteiger partial charge in [0, 0.05) is 11.8 Å². The molecular formula is C13H29Cl2NO. The van der Waals surface area contributed by atoms with Crippen molar-refractivity contribution in [2.45, 2.75) is 58.4 Å². The van der Waals surface area contributed by atoms with Crippen LogP contribution in [0.4, 0.5) is 0 Å². The molecule has 0 amide bonds. The Morgan fingerprint density at radius 3 is 2.00 bits per heavy atom. The lowest BCUT2D eigenvalue weighted by Gasteiger charge is -2.38. The molecule has 0 aliphatic carbocycles. The van der Waals surface area contributed by atoms with Crippen molar-refractivity contribution in [3.05, 3.63) is 0 Å². The maximum Gasteiger partial charge on any atom is 0.105 e. The largest absolute Gasteiger partial charge is 1.00 e. The van der Waals surface area contributed by atoms with E-state index in [0.29, 0.717) is 5.38 Å². The Morgan fingerprint density at radius 1 is 1.12 bits per heavy atom. The first-order chi connectivity index (χ1) is 7.49. The molecule has 106 valence electrons. The van der Waals surface area contributed by atoms with Gasteiger partial charge in [-0.15, -0.1) is 11.6 Å². The lowest BCUT2D eigenvalue weighted by molar-refractivity contribution is -0.927. The number of halogens is 2. The van der Waals surface area contributed by atoms with E-state index in [1.54, 1.807) is 0 Å². The Kier molecular flexibility index (Phi) is 12.2. The highest BCUT2D eigenvalue weighted by Gasteiger charge is 2.25. The Bertz CT molecular complexity index is 173. The van der Waals surface area contributed by atoms with Gasteiger partial charge >= 0.3 is 0 Å². The average Bonchev–Trinajstić information content (AvgIpc) is 2.24. The first kappa shape index (κ1) is 19.8. The van der Waals surface area contributed by atoms with Crippen LogP contribution in [-0.4, -0.2) is 47.2 Å². The molecule has 2 nitrogen and oxygen atoms in total. The molecule has 0 bridgehead atoms. The van der Waals surface area contributed by atoms with Gasteiger partial charge in [-0.25, -0.2) is 0 Å². The van der Waals surface area contributed by atoms with Crippen LogP contribution < -0.4 is 12.4 Å². The third kappa shape index (κ3) is 8.25. The summed E-state index contributed by atoms with van der Waals surface area (Å²) in [5, 5.41) is 9.87. The Morgan fingerprint density at radius 2 is 1.65 bits per heavy atom. The maximum absolute atomic E-state index is 9.57. The fourth-order valence-corrected chi connectivity index (χ4v) is 2.64. The second-order valence-corrected chi connectivity index (χ2v) is 5.52. The summed E-state index contributed by atoms with van der Waals surface area (Å²) >= 11 is 6.27. The van der Waals surface area contributed by atoms with Gasteiger partial charge in [-0.2, -0.15) is 0 Å². The highest BCUT2D eigenvalue weighted by atomic mass is 35.5. The number of aliphatic hydroxyl groups excluding tert-OH is 1. The molecule has 0 aliphatic rings. The van der Waals surface area contributed by atoms with Gasteiger partial charge in [-0.05, 0) is 27.2 Å². The topological polar surface area (TPSA) is 20.2 Å². The van der Waals surface area contributed by atoms with E-state index in [1.165, 1.54) is 0 Å². The Labute approximate surface area is 118 Å². The maximum atomic E-state index is 9.57. The summed E-state index contributed by atoms with van der Waals surface area (Å²) < 4.78 is 0.991. The molecule has 2 atom stereocenters. The minimum absolute atomic E-state index is 0. The van der Waals surface area contributed by atoms with E-state index in [0.717, 1.165) is 49.9 Å². The van der Waals surface area contributed by atoms with Gasteiger partial charge in [0.05, 0.1) is 19.6 Å². The van der Waals surface area contributed by atoms with Gasteiger partial charge in [0.25, 0.3) is 0 Å². The second-order valence-electron chi connectivity index (χ2n) is 4.90. The van der Waals surface area contributed by atoms with E-state index >= 15 is 0 Å². The molecule has 0 aromatic heterocycles. The van der Waals surface area contributed by atoms with Crippen molar-refractivity contribution in [2.24, 2.45) is 0 Å². The Balaban J connectivity index is 0. The van der Waals surface area contributed by atoms with Crippen molar-refractivity contribution in [2.75, 3.05) is 26.2 Å². The summed E-state index contributed by atoms with van der Waals surface area (Å²) in [5.41, 5.74) is 0. The number of likely N-dealkylation sites (N-methyl/N-ethyl adjacent to an activating group) is 1. The van der Waals surface area contributed by atoms with Crippen molar-refractivity contribution in [3.63, 3.8) is 0 Å². The normalized spacial score (nSPS) is 15.2. The predicted molar refractivity (Wildman–Crippen MR) is 71.9 cm³/mol. The smallest absolute Gasteiger partial charge is 0.105 e. The first-order valence-electron chi connectivity index (χ1n) is 6.66. The third-order valence-corrected chi connectivity index (χ3v) is 3.95. The van der Waals surface area contributed by atoms with Crippen molar-refractivity contribution >= 4 is 11.6 Å². The molecule has 17 heavy (non-hydrogen) atoms. The van der Waals surface area contributed by atoms with Crippen LogP contribution in [0.1, 0.15) is 47.0 Å². The summed E-state index contributed by atoms with van der Waals surface area (Å²) in [7, 11) is 0. The molecule has 1 N–H and O–H groups in total. The van der Waals surface area contributed by atoms with Gasteiger partial charge in [-0.1, -0.05) is 13.3 Å².